The third-order valence-corrected chi connectivity index (χ3v) is 4.22. The van der Waals surface area contributed by atoms with E-state index in [1.165, 1.54) is 12.4 Å². The number of nitrogens with one attached hydrogen (secondary N) is 1. The van der Waals surface area contributed by atoms with Crippen LogP contribution in [0.3, 0.4) is 0 Å². The Kier molecular flexibility index (Phi) is 5.47. The molecule has 30 heavy (non-hydrogen) atoms. The normalized spacial score (nSPS) is 10.6. The van der Waals surface area contributed by atoms with Crippen molar-refractivity contribution in [1.29, 1.82) is 0 Å². The number of aromatic nitrogens is 3. The Bertz CT molecular complexity index is 1160. The van der Waals surface area contributed by atoms with Gasteiger partial charge in [0.1, 0.15) is 29.5 Å². The molecule has 0 aliphatic rings. The fourth-order valence-corrected chi connectivity index (χ4v) is 2.78. The number of ether oxygens (including phenoxy) is 1. The third-order valence-electron chi connectivity index (χ3n) is 4.22. The van der Waals surface area contributed by atoms with Gasteiger partial charge in [0.05, 0.1) is 6.42 Å². The summed E-state index contributed by atoms with van der Waals surface area (Å²) < 4.78 is 34.2. The first-order valence-electron chi connectivity index (χ1n) is 9.04. The highest BCUT2D eigenvalue weighted by atomic mass is 19.1. The summed E-state index contributed by atoms with van der Waals surface area (Å²) in [6.45, 7) is 0. The number of carbonyl (C=O) groups is 1. The Morgan fingerprint density at radius 2 is 1.77 bits per heavy atom. The molecular formula is C22H16F2N4O2. The lowest BCUT2D eigenvalue weighted by atomic mass is 10.1. The van der Waals surface area contributed by atoms with Crippen LogP contribution in [0.5, 0.6) is 11.6 Å². The average Bonchev–Trinajstić information content (AvgIpc) is 3.27. The van der Waals surface area contributed by atoms with Crippen LogP contribution < -0.4 is 10.1 Å². The fraction of sp³-hybridized carbons (Fsp3) is 0.0455. The number of rotatable bonds is 6. The first kappa shape index (κ1) is 19.3. The SMILES string of the molecule is O=C(Cc1ccc(F)cc1F)Nc1ccc(Oc2cc(-n3cccc3)ncn2)cc1. The van der Waals surface area contributed by atoms with Gasteiger partial charge in [0, 0.05) is 30.2 Å². The van der Waals surface area contributed by atoms with Gasteiger partial charge in [-0.1, -0.05) is 6.07 Å². The highest BCUT2D eigenvalue weighted by Gasteiger charge is 2.10. The number of nitrogens with zero attached hydrogens (tertiary/aromatic N) is 3. The van der Waals surface area contributed by atoms with Crippen LogP contribution in [0.4, 0.5) is 14.5 Å². The molecule has 0 aliphatic carbocycles. The minimum Gasteiger partial charge on any atom is -0.439 e. The van der Waals surface area contributed by atoms with Crippen LogP contribution in [0, 0.1) is 11.6 Å². The molecule has 4 rings (SSSR count). The van der Waals surface area contributed by atoms with Crippen LogP contribution in [0.1, 0.15) is 5.56 Å². The Morgan fingerprint density at radius 3 is 2.50 bits per heavy atom. The van der Waals surface area contributed by atoms with Crippen molar-refractivity contribution in [2.24, 2.45) is 0 Å². The molecule has 0 aliphatic heterocycles. The molecule has 4 aromatic rings. The van der Waals surface area contributed by atoms with Gasteiger partial charge in [-0.15, -0.1) is 0 Å². The smallest absolute Gasteiger partial charge is 0.228 e. The van der Waals surface area contributed by atoms with Crippen molar-refractivity contribution in [2.75, 3.05) is 5.32 Å². The van der Waals surface area contributed by atoms with E-state index in [9.17, 15) is 13.6 Å². The molecule has 6 nitrogen and oxygen atoms in total. The molecule has 1 N–H and O–H groups in total. The molecule has 0 fully saturated rings. The lowest BCUT2D eigenvalue weighted by Crippen LogP contribution is -2.15. The molecule has 0 unspecified atom stereocenters. The van der Waals surface area contributed by atoms with Gasteiger partial charge in [0.25, 0.3) is 0 Å². The van der Waals surface area contributed by atoms with Crippen LogP contribution >= 0.6 is 0 Å². The number of benzene rings is 2. The van der Waals surface area contributed by atoms with E-state index in [0.29, 0.717) is 23.1 Å². The summed E-state index contributed by atoms with van der Waals surface area (Å²) >= 11 is 0. The molecule has 1 amide bonds. The van der Waals surface area contributed by atoms with E-state index in [1.807, 2.05) is 29.1 Å². The maximum Gasteiger partial charge on any atom is 0.228 e. The van der Waals surface area contributed by atoms with Crippen molar-refractivity contribution in [2.45, 2.75) is 6.42 Å². The second-order valence-corrected chi connectivity index (χ2v) is 6.39. The van der Waals surface area contributed by atoms with Gasteiger partial charge >= 0.3 is 0 Å². The molecule has 0 radical (unpaired) electrons. The second kappa shape index (κ2) is 8.52. The van der Waals surface area contributed by atoms with E-state index in [0.717, 1.165) is 12.1 Å². The molecule has 2 aromatic heterocycles. The number of carbonyl (C=O) groups excluding carboxylic acids is 1. The predicted molar refractivity (Wildman–Crippen MR) is 107 cm³/mol. The predicted octanol–water partition coefficient (Wildman–Crippen LogP) is 4.52. The van der Waals surface area contributed by atoms with Crippen LogP contribution in [-0.2, 0) is 11.2 Å². The first-order chi connectivity index (χ1) is 14.6. The monoisotopic (exact) mass is 406 g/mol. The Labute approximate surface area is 170 Å². The summed E-state index contributed by atoms with van der Waals surface area (Å²) in [7, 11) is 0. The molecule has 0 atom stereocenters. The summed E-state index contributed by atoms with van der Waals surface area (Å²) in [4.78, 5) is 20.4. The summed E-state index contributed by atoms with van der Waals surface area (Å²) in [5.41, 5.74) is 0.640. The number of hydrogen-bond acceptors (Lipinski definition) is 4. The van der Waals surface area contributed by atoms with Gasteiger partial charge < -0.3 is 14.6 Å². The van der Waals surface area contributed by atoms with E-state index < -0.39 is 17.5 Å². The van der Waals surface area contributed by atoms with E-state index in [1.54, 1.807) is 30.3 Å². The lowest BCUT2D eigenvalue weighted by Gasteiger charge is -2.09. The number of anilines is 1. The minimum absolute atomic E-state index is 0.121. The molecule has 0 spiro atoms. The zero-order valence-electron chi connectivity index (χ0n) is 15.6. The summed E-state index contributed by atoms with van der Waals surface area (Å²) in [5.74, 6) is -0.287. The van der Waals surface area contributed by atoms with Crippen LogP contribution in [-0.4, -0.2) is 20.4 Å². The average molecular weight is 406 g/mol. The van der Waals surface area contributed by atoms with Crippen molar-refractivity contribution in [3.8, 4) is 17.4 Å². The highest BCUT2D eigenvalue weighted by Crippen LogP contribution is 2.22. The van der Waals surface area contributed by atoms with Crippen molar-refractivity contribution in [3.63, 3.8) is 0 Å². The fourth-order valence-electron chi connectivity index (χ4n) is 2.78. The van der Waals surface area contributed by atoms with Crippen molar-refractivity contribution < 1.29 is 18.3 Å². The van der Waals surface area contributed by atoms with Gasteiger partial charge in [0.15, 0.2) is 0 Å². The third kappa shape index (κ3) is 4.67. The summed E-state index contributed by atoms with van der Waals surface area (Å²) in [6, 6.07) is 15.3. The number of hydrogen-bond donors (Lipinski definition) is 1. The first-order valence-corrected chi connectivity index (χ1v) is 9.04. The van der Waals surface area contributed by atoms with E-state index in [-0.39, 0.29) is 12.0 Å². The molecule has 150 valence electrons. The molecule has 0 saturated carbocycles. The standard InChI is InChI=1S/C22H16F2N4O2/c23-16-4-3-15(19(24)12-16)11-21(29)27-17-5-7-18(8-6-17)30-22-13-20(25-14-26-22)28-9-1-2-10-28/h1-10,12-14H,11H2,(H,27,29). The van der Waals surface area contributed by atoms with Gasteiger partial charge in [-0.05, 0) is 48.0 Å². The Morgan fingerprint density at radius 1 is 1.00 bits per heavy atom. The zero-order chi connectivity index (χ0) is 20.9. The molecule has 0 bridgehead atoms. The Hall–Kier alpha value is -4.07. The Balaban J connectivity index is 1.38. The minimum atomic E-state index is -0.752. The highest BCUT2D eigenvalue weighted by molar-refractivity contribution is 5.92. The molecule has 2 heterocycles. The van der Waals surface area contributed by atoms with E-state index in [4.69, 9.17) is 4.74 Å². The zero-order valence-corrected chi connectivity index (χ0v) is 15.6. The second-order valence-electron chi connectivity index (χ2n) is 6.39. The number of amides is 1. The van der Waals surface area contributed by atoms with E-state index in [2.05, 4.69) is 15.3 Å². The van der Waals surface area contributed by atoms with Gasteiger partial charge in [-0.25, -0.2) is 18.7 Å². The lowest BCUT2D eigenvalue weighted by molar-refractivity contribution is -0.115. The topological polar surface area (TPSA) is 69.0 Å². The maximum atomic E-state index is 13.7. The van der Waals surface area contributed by atoms with Crippen molar-refractivity contribution >= 4 is 11.6 Å². The summed E-state index contributed by atoms with van der Waals surface area (Å²) in [5, 5.41) is 2.67. The van der Waals surface area contributed by atoms with Crippen LogP contribution in [0.25, 0.3) is 5.82 Å². The van der Waals surface area contributed by atoms with Crippen molar-refractivity contribution in [3.05, 3.63) is 96.6 Å². The van der Waals surface area contributed by atoms with Gasteiger partial charge in [-0.3, -0.25) is 4.79 Å². The molecular weight excluding hydrogens is 390 g/mol. The van der Waals surface area contributed by atoms with Crippen molar-refractivity contribution in [1.82, 2.24) is 14.5 Å². The maximum absolute atomic E-state index is 13.7. The van der Waals surface area contributed by atoms with Gasteiger partial charge in [0.2, 0.25) is 11.8 Å². The largest absolute Gasteiger partial charge is 0.439 e. The molecule has 2 aromatic carbocycles. The van der Waals surface area contributed by atoms with Crippen LogP contribution in [0.2, 0.25) is 0 Å². The van der Waals surface area contributed by atoms with Gasteiger partial charge in [-0.2, -0.15) is 0 Å². The summed E-state index contributed by atoms with van der Waals surface area (Å²) in [6.07, 6.45) is 4.93. The van der Waals surface area contributed by atoms with Crippen LogP contribution in [0.15, 0.2) is 79.4 Å². The molecule has 0 saturated heterocycles. The number of halogens is 2. The van der Waals surface area contributed by atoms with E-state index >= 15 is 0 Å². The quantitative estimate of drug-likeness (QED) is 0.511. The molecule has 8 heteroatoms.